The lowest BCUT2D eigenvalue weighted by Crippen LogP contribution is -2.48. The Morgan fingerprint density at radius 2 is 2.11 bits per heavy atom. The van der Waals surface area contributed by atoms with Crippen LogP contribution in [0, 0.1) is 23.0 Å². The lowest BCUT2D eigenvalue weighted by molar-refractivity contribution is -0.127. The highest BCUT2D eigenvalue weighted by Gasteiger charge is 2.40. The van der Waals surface area contributed by atoms with Gasteiger partial charge in [-0.2, -0.15) is 15.2 Å². The van der Waals surface area contributed by atoms with Crippen LogP contribution in [0.5, 0.6) is 6.01 Å². The Morgan fingerprint density at radius 3 is 2.79 bits per heavy atom. The first kappa shape index (κ1) is 32.4. The largest absolute Gasteiger partial charge is 0.462 e. The normalized spacial score (nSPS) is 21.4. The summed E-state index contributed by atoms with van der Waals surface area (Å²) >= 11 is 0.901. The first-order chi connectivity index (χ1) is 22.6. The number of benzene rings is 1. The molecule has 2 saturated heterocycles. The summed E-state index contributed by atoms with van der Waals surface area (Å²) in [6.07, 6.45) is 2.53. The van der Waals surface area contributed by atoms with Crippen LogP contribution in [0.2, 0.25) is 0 Å². The summed E-state index contributed by atoms with van der Waals surface area (Å²) in [6.45, 7) is 4.65. The van der Waals surface area contributed by atoms with Crippen LogP contribution in [0.3, 0.4) is 0 Å². The minimum absolute atomic E-state index is 0.0313. The van der Waals surface area contributed by atoms with Crippen LogP contribution in [0.25, 0.3) is 32.2 Å². The van der Waals surface area contributed by atoms with Crippen LogP contribution in [-0.4, -0.2) is 102 Å². The number of fused-ring (bicyclic) bond motifs is 2. The van der Waals surface area contributed by atoms with E-state index in [0.29, 0.717) is 18.8 Å². The molecule has 3 aromatic heterocycles. The van der Waals surface area contributed by atoms with Crippen molar-refractivity contribution in [2.75, 3.05) is 58.1 Å². The monoisotopic (exact) mass is 666 g/mol. The molecule has 1 amide bonds. The van der Waals surface area contributed by atoms with Crippen LogP contribution in [-0.2, 0) is 9.53 Å². The van der Waals surface area contributed by atoms with Crippen molar-refractivity contribution in [2.24, 2.45) is 0 Å². The SMILES string of the molecule is C=CC(=O)N1CCC(N(C)c2nc(OCC3CC(F)CN3C)nc3c(F)c(-c4ccc(F)c5sc(N)c(C#N)c45)ncc23)C1COC. The summed E-state index contributed by atoms with van der Waals surface area (Å²) in [7, 11) is 5.13. The summed E-state index contributed by atoms with van der Waals surface area (Å²) in [5.41, 5.74) is 5.95. The number of nitriles is 1. The number of carbonyl (C=O) groups excluding carboxylic acids is 1. The number of hydrogen-bond acceptors (Lipinski definition) is 11. The number of aromatic nitrogens is 3. The number of methoxy groups -OCH3 is 1. The van der Waals surface area contributed by atoms with E-state index < -0.39 is 17.8 Å². The lowest BCUT2D eigenvalue weighted by Gasteiger charge is -2.33. The molecule has 15 heteroatoms. The van der Waals surface area contributed by atoms with E-state index in [1.807, 2.05) is 15.9 Å². The summed E-state index contributed by atoms with van der Waals surface area (Å²) in [5, 5.41) is 10.3. The number of carbonyl (C=O) groups is 1. The van der Waals surface area contributed by atoms with Crippen molar-refractivity contribution >= 4 is 49.1 Å². The molecule has 4 aromatic rings. The predicted molar refractivity (Wildman–Crippen MR) is 173 cm³/mol. The third-order valence-electron chi connectivity index (χ3n) is 9.01. The number of pyridine rings is 1. The van der Waals surface area contributed by atoms with Crippen LogP contribution in [0.1, 0.15) is 18.4 Å². The molecular formula is C32H33F3N8O3S. The Hall–Kier alpha value is -4.52. The number of anilines is 2. The number of ether oxygens (including phenoxy) is 2. The molecule has 4 unspecified atom stereocenters. The number of halogens is 3. The van der Waals surface area contributed by atoms with Crippen LogP contribution in [0.15, 0.2) is 31.0 Å². The molecular weight excluding hydrogens is 633 g/mol. The molecule has 0 bridgehead atoms. The Balaban J connectivity index is 1.49. The maximum Gasteiger partial charge on any atom is 0.319 e. The van der Waals surface area contributed by atoms with Gasteiger partial charge in [0.15, 0.2) is 5.82 Å². The second-order valence-corrected chi connectivity index (χ2v) is 12.8. The highest BCUT2D eigenvalue weighted by atomic mass is 32.1. The van der Waals surface area contributed by atoms with E-state index >= 15 is 4.39 Å². The van der Waals surface area contributed by atoms with E-state index in [9.17, 15) is 18.8 Å². The highest BCUT2D eigenvalue weighted by Crippen LogP contribution is 2.42. The van der Waals surface area contributed by atoms with Gasteiger partial charge in [-0.1, -0.05) is 6.58 Å². The fourth-order valence-electron chi connectivity index (χ4n) is 6.63. The number of likely N-dealkylation sites (tertiary alicyclic amines) is 2. The zero-order valence-electron chi connectivity index (χ0n) is 26.0. The number of nitrogens with zero attached hydrogens (tertiary/aromatic N) is 7. The minimum Gasteiger partial charge on any atom is -0.462 e. The third-order valence-corrected chi connectivity index (χ3v) is 10.0. The molecule has 4 atom stereocenters. The molecule has 2 fully saturated rings. The molecule has 0 aliphatic carbocycles. The second-order valence-electron chi connectivity index (χ2n) is 11.7. The van der Waals surface area contributed by atoms with E-state index in [1.165, 1.54) is 24.4 Å². The van der Waals surface area contributed by atoms with Gasteiger partial charge >= 0.3 is 6.01 Å². The Kier molecular flexibility index (Phi) is 8.93. The molecule has 0 radical (unpaired) electrons. The molecule has 0 saturated carbocycles. The van der Waals surface area contributed by atoms with Gasteiger partial charge in [-0.3, -0.25) is 14.7 Å². The van der Waals surface area contributed by atoms with E-state index in [2.05, 4.69) is 21.5 Å². The van der Waals surface area contributed by atoms with Gasteiger partial charge in [0.05, 0.1) is 34.3 Å². The molecule has 6 rings (SSSR count). The maximum absolute atomic E-state index is 16.7. The summed E-state index contributed by atoms with van der Waals surface area (Å²) in [6, 6.07) is 3.52. The van der Waals surface area contributed by atoms with E-state index in [0.717, 1.165) is 11.3 Å². The summed E-state index contributed by atoms with van der Waals surface area (Å²) in [5.74, 6) is -1.37. The van der Waals surface area contributed by atoms with E-state index in [1.54, 1.807) is 26.1 Å². The van der Waals surface area contributed by atoms with Gasteiger partial charge in [0, 0.05) is 50.4 Å². The zero-order valence-corrected chi connectivity index (χ0v) is 26.9. The van der Waals surface area contributed by atoms with Crippen molar-refractivity contribution in [1.29, 1.82) is 5.26 Å². The number of nitrogens with two attached hydrogens (primary N) is 1. The summed E-state index contributed by atoms with van der Waals surface area (Å²) in [4.78, 5) is 31.6. The topological polar surface area (TPSA) is 134 Å². The Labute approximate surface area is 273 Å². The molecule has 11 nitrogen and oxygen atoms in total. The molecule has 2 aliphatic heterocycles. The fraction of sp³-hybridized carbons (Fsp3) is 0.406. The zero-order chi connectivity index (χ0) is 33.6. The van der Waals surface area contributed by atoms with E-state index in [4.69, 9.17) is 15.2 Å². The molecule has 2 N–H and O–H groups in total. The predicted octanol–water partition coefficient (Wildman–Crippen LogP) is 4.30. The molecule has 47 heavy (non-hydrogen) atoms. The fourth-order valence-corrected chi connectivity index (χ4v) is 7.58. The highest BCUT2D eigenvalue weighted by molar-refractivity contribution is 7.23. The smallest absolute Gasteiger partial charge is 0.319 e. The molecule has 1 aromatic carbocycles. The Morgan fingerprint density at radius 1 is 1.32 bits per heavy atom. The molecule has 2 aliphatic rings. The minimum atomic E-state index is -0.989. The van der Waals surface area contributed by atoms with Crippen molar-refractivity contribution in [3.63, 3.8) is 0 Å². The number of amides is 1. The van der Waals surface area contributed by atoms with Crippen molar-refractivity contribution in [1.82, 2.24) is 24.8 Å². The average Bonchev–Trinajstić information content (AvgIpc) is 3.73. The van der Waals surface area contributed by atoms with Crippen molar-refractivity contribution < 1.29 is 27.4 Å². The van der Waals surface area contributed by atoms with Gasteiger partial charge in [-0.15, -0.1) is 11.3 Å². The average molecular weight is 667 g/mol. The first-order valence-corrected chi connectivity index (χ1v) is 15.8. The van der Waals surface area contributed by atoms with E-state index in [-0.39, 0.29) is 99.0 Å². The number of thiophene rings is 1. The lowest BCUT2D eigenvalue weighted by atomic mass is 10.0. The second kappa shape index (κ2) is 12.9. The number of hydrogen-bond donors (Lipinski definition) is 1. The molecule has 5 heterocycles. The molecule has 0 spiro atoms. The number of rotatable bonds is 9. The van der Waals surface area contributed by atoms with Crippen LogP contribution in [0.4, 0.5) is 24.0 Å². The van der Waals surface area contributed by atoms with Gasteiger partial charge in [-0.05, 0) is 38.1 Å². The standard InChI is InChI=1S/C32H33F3N8O3S/c1-5-24(44)43-9-8-22(23(43)15-45-4)42(3)31-20-12-38-27(18-6-7-21(34)29-25(18)19(11-36)30(37)47-29)26(35)28(20)39-32(40-31)46-14-17-10-16(33)13-41(17)2/h5-7,12,16-17,22-23H,1,8-10,13-15,37H2,2-4H3. The van der Waals surface area contributed by atoms with Crippen LogP contribution < -0.4 is 15.4 Å². The first-order valence-electron chi connectivity index (χ1n) is 15.0. The maximum atomic E-state index is 16.7. The van der Waals surface area contributed by atoms with Crippen molar-refractivity contribution in [2.45, 2.75) is 37.1 Å². The van der Waals surface area contributed by atoms with Crippen molar-refractivity contribution in [3.8, 4) is 23.3 Å². The van der Waals surface area contributed by atoms with Gasteiger partial charge in [0.25, 0.3) is 0 Å². The van der Waals surface area contributed by atoms with Gasteiger partial charge < -0.3 is 25.0 Å². The van der Waals surface area contributed by atoms with Gasteiger partial charge in [-0.25, -0.2) is 13.2 Å². The number of nitrogen functional groups attached to an aromatic ring is 1. The van der Waals surface area contributed by atoms with Gasteiger partial charge in [0.1, 0.15) is 46.7 Å². The van der Waals surface area contributed by atoms with Crippen molar-refractivity contribution in [3.05, 3.63) is 48.2 Å². The van der Waals surface area contributed by atoms with Crippen LogP contribution >= 0.6 is 11.3 Å². The number of alkyl halides is 1. The number of likely N-dealkylation sites (N-methyl/N-ethyl adjacent to an activating group) is 2. The quantitative estimate of drug-likeness (QED) is 0.258. The van der Waals surface area contributed by atoms with Gasteiger partial charge in [0.2, 0.25) is 5.91 Å². The Bertz CT molecular complexity index is 1920. The third kappa shape index (κ3) is 5.70. The summed E-state index contributed by atoms with van der Waals surface area (Å²) < 4.78 is 57.1. The molecule has 246 valence electrons.